The van der Waals surface area contributed by atoms with Gasteiger partial charge in [-0.2, -0.15) is 0 Å². The molecule has 0 bridgehead atoms. The van der Waals surface area contributed by atoms with Gasteiger partial charge in [-0.25, -0.2) is 4.79 Å². The summed E-state index contributed by atoms with van der Waals surface area (Å²) in [5, 5.41) is 12.3. The van der Waals surface area contributed by atoms with Crippen LogP contribution in [0.1, 0.15) is 22.8 Å². The molecule has 0 spiro atoms. The van der Waals surface area contributed by atoms with Crippen molar-refractivity contribution in [1.29, 1.82) is 0 Å². The Labute approximate surface area is 149 Å². The van der Waals surface area contributed by atoms with Gasteiger partial charge in [-0.15, -0.1) is 0 Å². The van der Waals surface area contributed by atoms with E-state index in [1.807, 2.05) is 0 Å². The second-order valence-corrected chi connectivity index (χ2v) is 5.92. The van der Waals surface area contributed by atoms with Crippen molar-refractivity contribution in [2.75, 3.05) is 5.32 Å². The minimum atomic E-state index is -1.01. The lowest BCUT2D eigenvalue weighted by Crippen LogP contribution is -2.30. The lowest BCUT2D eigenvalue weighted by atomic mass is 10.1. The molecule has 0 fully saturated rings. The van der Waals surface area contributed by atoms with Gasteiger partial charge in [-0.3, -0.25) is 4.79 Å². The van der Waals surface area contributed by atoms with Gasteiger partial charge in [0.15, 0.2) is 6.10 Å². The number of aliphatic hydroxyl groups is 1. The van der Waals surface area contributed by atoms with Gasteiger partial charge in [-0.05, 0) is 42.8 Å². The highest BCUT2D eigenvalue weighted by Gasteiger charge is 2.19. The van der Waals surface area contributed by atoms with Crippen molar-refractivity contribution in [3.05, 3.63) is 63.6 Å². The molecule has 2 N–H and O–H groups in total. The van der Waals surface area contributed by atoms with Crippen LogP contribution in [0.2, 0.25) is 10.0 Å². The second-order valence-electron chi connectivity index (χ2n) is 5.05. The summed E-state index contributed by atoms with van der Waals surface area (Å²) < 4.78 is 5.12. The van der Waals surface area contributed by atoms with E-state index in [9.17, 15) is 9.59 Å². The zero-order valence-corrected chi connectivity index (χ0v) is 14.3. The molecule has 0 aliphatic carbocycles. The fraction of sp³-hybridized carbons (Fsp3) is 0.176. The Morgan fingerprint density at radius 1 is 1.12 bits per heavy atom. The molecule has 2 aromatic rings. The molecule has 0 saturated heterocycles. The zero-order valence-electron chi connectivity index (χ0n) is 12.8. The van der Waals surface area contributed by atoms with Crippen LogP contribution in [0, 0.1) is 0 Å². The molecular weight excluding hydrogens is 353 g/mol. The van der Waals surface area contributed by atoms with Gasteiger partial charge in [0.1, 0.15) is 0 Å². The third-order valence-electron chi connectivity index (χ3n) is 3.16. The molecule has 0 heterocycles. The second kappa shape index (κ2) is 8.15. The lowest BCUT2D eigenvalue weighted by molar-refractivity contribution is -0.123. The number of halogens is 2. The molecule has 1 amide bonds. The van der Waals surface area contributed by atoms with Crippen LogP contribution in [-0.2, 0) is 16.1 Å². The first-order chi connectivity index (χ1) is 11.4. The third kappa shape index (κ3) is 4.96. The van der Waals surface area contributed by atoms with Crippen LogP contribution in [-0.4, -0.2) is 23.1 Å². The van der Waals surface area contributed by atoms with Crippen molar-refractivity contribution in [2.24, 2.45) is 0 Å². The van der Waals surface area contributed by atoms with E-state index in [1.54, 1.807) is 12.1 Å². The molecule has 7 heteroatoms. The predicted octanol–water partition coefficient (Wildman–Crippen LogP) is 3.67. The number of carbonyl (C=O) groups is 2. The van der Waals surface area contributed by atoms with Crippen molar-refractivity contribution in [1.82, 2.24) is 0 Å². The normalized spacial score (nSPS) is 11.7. The maximum atomic E-state index is 12.1. The highest BCUT2D eigenvalue weighted by Crippen LogP contribution is 2.22. The molecule has 0 aliphatic rings. The fourth-order valence-electron chi connectivity index (χ4n) is 1.90. The van der Waals surface area contributed by atoms with Gasteiger partial charge in [0.2, 0.25) is 0 Å². The minimum absolute atomic E-state index is 0.115. The van der Waals surface area contributed by atoms with Gasteiger partial charge in [-0.1, -0.05) is 35.3 Å². The SMILES string of the molecule is CC(OC(=O)c1ccc(CO)cc1)C(=O)Nc1cc(Cl)cc(Cl)c1. The Hall–Kier alpha value is -2.08. The van der Waals surface area contributed by atoms with Gasteiger partial charge < -0.3 is 15.2 Å². The molecule has 1 unspecified atom stereocenters. The number of benzene rings is 2. The highest BCUT2D eigenvalue weighted by molar-refractivity contribution is 6.35. The molecule has 1 atom stereocenters. The topological polar surface area (TPSA) is 75.6 Å². The molecular formula is C17H15Cl2NO4. The summed E-state index contributed by atoms with van der Waals surface area (Å²) in [5.41, 5.74) is 1.38. The van der Waals surface area contributed by atoms with E-state index in [0.29, 0.717) is 21.3 Å². The van der Waals surface area contributed by atoms with Gasteiger partial charge in [0, 0.05) is 15.7 Å². The Balaban J connectivity index is 1.98. The number of aliphatic hydroxyl groups excluding tert-OH is 1. The molecule has 5 nitrogen and oxygen atoms in total. The Kier molecular flexibility index (Phi) is 6.20. The van der Waals surface area contributed by atoms with E-state index in [-0.39, 0.29) is 12.2 Å². The number of hydrogen-bond acceptors (Lipinski definition) is 4. The quantitative estimate of drug-likeness (QED) is 0.790. The van der Waals surface area contributed by atoms with Gasteiger partial charge in [0.05, 0.1) is 12.2 Å². The minimum Gasteiger partial charge on any atom is -0.449 e. The summed E-state index contributed by atoms with van der Waals surface area (Å²) in [7, 11) is 0. The smallest absolute Gasteiger partial charge is 0.338 e. The predicted molar refractivity (Wildman–Crippen MR) is 92.3 cm³/mol. The number of amides is 1. The number of hydrogen-bond donors (Lipinski definition) is 2. The summed E-state index contributed by atoms with van der Waals surface area (Å²) in [6.45, 7) is 1.35. The van der Waals surface area contributed by atoms with E-state index >= 15 is 0 Å². The molecule has 2 rings (SSSR count). The molecule has 2 aromatic carbocycles. The third-order valence-corrected chi connectivity index (χ3v) is 3.59. The lowest BCUT2D eigenvalue weighted by Gasteiger charge is -2.14. The molecule has 24 heavy (non-hydrogen) atoms. The van der Waals surface area contributed by atoms with Crippen LogP contribution < -0.4 is 5.32 Å². The Bertz CT molecular complexity index is 727. The van der Waals surface area contributed by atoms with Crippen LogP contribution in [0.25, 0.3) is 0 Å². The number of anilines is 1. The summed E-state index contributed by atoms with van der Waals surface area (Å²) in [4.78, 5) is 24.1. The molecule has 0 aliphatic heterocycles. The molecule has 126 valence electrons. The first kappa shape index (κ1) is 18.3. The van der Waals surface area contributed by atoms with Crippen molar-refractivity contribution < 1.29 is 19.4 Å². The first-order valence-electron chi connectivity index (χ1n) is 7.07. The number of ether oxygens (including phenoxy) is 1. The summed E-state index contributed by atoms with van der Waals surface area (Å²) in [6, 6.07) is 10.9. The average Bonchev–Trinajstić information content (AvgIpc) is 2.53. The van der Waals surface area contributed by atoms with Gasteiger partial charge >= 0.3 is 5.97 Å². The van der Waals surface area contributed by atoms with Crippen molar-refractivity contribution in [2.45, 2.75) is 19.6 Å². The van der Waals surface area contributed by atoms with Crippen molar-refractivity contribution in [3.63, 3.8) is 0 Å². The maximum absolute atomic E-state index is 12.1. The van der Waals surface area contributed by atoms with Crippen LogP contribution in [0.5, 0.6) is 0 Å². The van der Waals surface area contributed by atoms with E-state index < -0.39 is 18.0 Å². The van der Waals surface area contributed by atoms with Crippen molar-refractivity contribution >= 4 is 40.8 Å². The number of nitrogens with one attached hydrogen (secondary N) is 1. The largest absolute Gasteiger partial charge is 0.449 e. The van der Waals surface area contributed by atoms with Crippen LogP contribution in [0.3, 0.4) is 0 Å². The number of carbonyl (C=O) groups excluding carboxylic acids is 2. The standard InChI is InChI=1S/C17H15Cl2NO4/c1-10(16(22)20-15-7-13(18)6-14(19)8-15)24-17(23)12-4-2-11(9-21)3-5-12/h2-8,10,21H,9H2,1H3,(H,20,22). The molecule has 0 saturated carbocycles. The van der Waals surface area contributed by atoms with Crippen molar-refractivity contribution in [3.8, 4) is 0 Å². The molecule has 0 aromatic heterocycles. The van der Waals surface area contributed by atoms with Crippen LogP contribution in [0.4, 0.5) is 5.69 Å². The summed E-state index contributed by atoms with van der Waals surface area (Å²) in [6.07, 6.45) is -1.01. The average molecular weight is 368 g/mol. The van der Waals surface area contributed by atoms with Crippen LogP contribution in [0.15, 0.2) is 42.5 Å². The Morgan fingerprint density at radius 2 is 1.71 bits per heavy atom. The number of esters is 1. The summed E-state index contributed by atoms with van der Waals surface area (Å²) in [5.74, 6) is -1.14. The Morgan fingerprint density at radius 3 is 2.25 bits per heavy atom. The van der Waals surface area contributed by atoms with E-state index in [1.165, 1.54) is 37.3 Å². The van der Waals surface area contributed by atoms with E-state index in [2.05, 4.69) is 5.32 Å². The van der Waals surface area contributed by atoms with Crippen LogP contribution >= 0.6 is 23.2 Å². The maximum Gasteiger partial charge on any atom is 0.338 e. The monoisotopic (exact) mass is 367 g/mol. The molecule has 0 radical (unpaired) electrons. The van der Waals surface area contributed by atoms with E-state index in [0.717, 1.165) is 0 Å². The zero-order chi connectivity index (χ0) is 17.7. The first-order valence-corrected chi connectivity index (χ1v) is 7.82. The highest BCUT2D eigenvalue weighted by atomic mass is 35.5. The van der Waals surface area contributed by atoms with Gasteiger partial charge in [0.25, 0.3) is 5.91 Å². The van der Waals surface area contributed by atoms with E-state index in [4.69, 9.17) is 33.0 Å². The summed E-state index contributed by atoms with van der Waals surface area (Å²) >= 11 is 11.7. The fourth-order valence-corrected chi connectivity index (χ4v) is 2.42. The number of rotatable bonds is 5.